The number of urea groups is 1. The quantitative estimate of drug-likeness (QED) is 0.525. The normalized spacial score (nSPS) is 19.0. The van der Waals surface area contributed by atoms with Crippen LogP contribution in [0.5, 0.6) is 0 Å². The lowest BCUT2D eigenvalue weighted by Crippen LogP contribution is -2.44. The number of ether oxygens (including phenoxy) is 1. The zero-order valence-electron chi connectivity index (χ0n) is 14.2. The monoisotopic (exact) mass is 339 g/mol. The highest BCUT2D eigenvalue weighted by atomic mass is 16.5. The summed E-state index contributed by atoms with van der Waals surface area (Å²) in [5, 5.41) is 5.41. The van der Waals surface area contributed by atoms with Crippen molar-refractivity contribution in [1.29, 1.82) is 0 Å². The number of rotatable bonds is 7. The SMILES string of the molecule is CC(C)NC(=O)COC(=O)CCCN1C(=O)NC2(CCCC2)C1=O. The molecule has 1 spiro atoms. The van der Waals surface area contributed by atoms with Gasteiger partial charge in [0.05, 0.1) is 0 Å². The maximum absolute atomic E-state index is 12.4. The fraction of sp³-hybridized carbons (Fsp3) is 0.750. The molecule has 0 aromatic carbocycles. The highest BCUT2D eigenvalue weighted by Crippen LogP contribution is 2.35. The van der Waals surface area contributed by atoms with Crippen molar-refractivity contribution in [1.82, 2.24) is 15.5 Å². The van der Waals surface area contributed by atoms with Crippen LogP contribution in [0.4, 0.5) is 4.79 Å². The van der Waals surface area contributed by atoms with Crippen LogP contribution in [-0.2, 0) is 19.1 Å². The predicted molar refractivity (Wildman–Crippen MR) is 84.9 cm³/mol. The Morgan fingerprint density at radius 2 is 1.96 bits per heavy atom. The molecule has 0 radical (unpaired) electrons. The Bertz CT molecular complexity index is 526. The van der Waals surface area contributed by atoms with E-state index in [1.165, 1.54) is 4.90 Å². The lowest BCUT2D eigenvalue weighted by Gasteiger charge is -2.19. The molecule has 24 heavy (non-hydrogen) atoms. The van der Waals surface area contributed by atoms with Crippen molar-refractivity contribution in [3.05, 3.63) is 0 Å². The van der Waals surface area contributed by atoms with Crippen LogP contribution < -0.4 is 10.6 Å². The average molecular weight is 339 g/mol. The molecule has 2 rings (SSSR count). The van der Waals surface area contributed by atoms with E-state index in [-0.39, 0.29) is 43.5 Å². The van der Waals surface area contributed by atoms with E-state index in [9.17, 15) is 19.2 Å². The second kappa shape index (κ2) is 7.63. The molecule has 1 aliphatic heterocycles. The Labute approximate surface area is 141 Å². The second-order valence-electron chi connectivity index (χ2n) is 6.66. The largest absolute Gasteiger partial charge is 0.456 e. The predicted octanol–water partition coefficient (Wildman–Crippen LogP) is 0.699. The zero-order chi connectivity index (χ0) is 17.7. The first-order chi connectivity index (χ1) is 11.3. The molecule has 2 N–H and O–H groups in total. The number of carbonyl (C=O) groups is 4. The molecule has 0 aromatic heterocycles. The number of carbonyl (C=O) groups excluding carboxylic acids is 4. The van der Waals surface area contributed by atoms with Gasteiger partial charge in [0.15, 0.2) is 6.61 Å². The third-order valence-corrected chi connectivity index (χ3v) is 4.28. The van der Waals surface area contributed by atoms with E-state index in [4.69, 9.17) is 4.74 Å². The van der Waals surface area contributed by atoms with E-state index in [0.29, 0.717) is 19.3 Å². The number of nitrogens with one attached hydrogen (secondary N) is 2. The van der Waals surface area contributed by atoms with Gasteiger partial charge in [0, 0.05) is 19.0 Å². The molecule has 134 valence electrons. The van der Waals surface area contributed by atoms with Gasteiger partial charge in [-0.2, -0.15) is 0 Å². The first-order valence-electron chi connectivity index (χ1n) is 8.43. The summed E-state index contributed by atoms with van der Waals surface area (Å²) in [6.07, 6.45) is 3.61. The standard InChI is InChI=1S/C16H25N3O5/c1-11(2)17-12(20)10-24-13(21)6-5-9-19-14(22)16(18-15(19)23)7-3-4-8-16/h11H,3-10H2,1-2H3,(H,17,20)(H,18,23). The average Bonchev–Trinajstić information content (AvgIpc) is 3.05. The van der Waals surface area contributed by atoms with Crippen molar-refractivity contribution in [3.63, 3.8) is 0 Å². The number of esters is 1. The van der Waals surface area contributed by atoms with Crippen molar-refractivity contribution in [2.24, 2.45) is 0 Å². The van der Waals surface area contributed by atoms with E-state index < -0.39 is 11.5 Å². The molecule has 2 fully saturated rings. The first kappa shape index (κ1) is 18.2. The summed E-state index contributed by atoms with van der Waals surface area (Å²) in [5.74, 6) is -1.05. The molecule has 1 saturated heterocycles. The summed E-state index contributed by atoms with van der Waals surface area (Å²) < 4.78 is 4.86. The Balaban J connectivity index is 1.70. The van der Waals surface area contributed by atoms with Gasteiger partial charge in [-0.3, -0.25) is 19.3 Å². The van der Waals surface area contributed by atoms with Crippen LogP contribution >= 0.6 is 0 Å². The molecular weight excluding hydrogens is 314 g/mol. The fourth-order valence-corrected chi connectivity index (χ4v) is 3.16. The number of amides is 4. The summed E-state index contributed by atoms with van der Waals surface area (Å²) in [4.78, 5) is 48.5. The van der Waals surface area contributed by atoms with Gasteiger partial charge in [-0.15, -0.1) is 0 Å². The number of nitrogens with zero attached hydrogens (tertiary/aromatic N) is 1. The number of hydrogen-bond acceptors (Lipinski definition) is 5. The van der Waals surface area contributed by atoms with Crippen LogP contribution in [0.3, 0.4) is 0 Å². The molecule has 1 saturated carbocycles. The molecule has 1 heterocycles. The maximum atomic E-state index is 12.4. The molecule has 0 aromatic rings. The smallest absolute Gasteiger partial charge is 0.325 e. The Morgan fingerprint density at radius 3 is 2.58 bits per heavy atom. The van der Waals surface area contributed by atoms with Crippen LogP contribution in [0.25, 0.3) is 0 Å². The second-order valence-corrected chi connectivity index (χ2v) is 6.66. The van der Waals surface area contributed by atoms with Crippen molar-refractivity contribution in [2.45, 2.75) is 64.0 Å². The van der Waals surface area contributed by atoms with Gasteiger partial charge in [0.25, 0.3) is 11.8 Å². The Kier molecular flexibility index (Phi) is 5.80. The molecule has 8 nitrogen and oxygen atoms in total. The third-order valence-electron chi connectivity index (χ3n) is 4.28. The van der Waals surface area contributed by atoms with E-state index in [0.717, 1.165) is 12.8 Å². The van der Waals surface area contributed by atoms with E-state index in [1.54, 1.807) is 0 Å². The van der Waals surface area contributed by atoms with Gasteiger partial charge in [-0.25, -0.2) is 4.79 Å². The molecule has 0 atom stereocenters. The van der Waals surface area contributed by atoms with Gasteiger partial charge in [0.2, 0.25) is 0 Å². The van der Waals surface area contributed by atoms with Gasteiger partial charge < -0.3 is 15.4 Å². The molecule has 8 heteroatoms. The van der Waals surface area contributed by atoms with Gasteiger partial charge in [0.1, 0.15) is 5.54 Å². The van der Waals surface area contributed by atoms with E-state index in [2.05, 4.69) is 10.6 Å². The summed E-state index contributed by atoms with van der Waals surface area (Å²) in [5.41, 5.74) is -0.716. The Morgan fingerprint density at radius 1 is 1.29 bits per heavy atom. The molecule has 0 bridgehead atoms. The lowest BCUT2D eigenvalue weighted by atomic mass is 9.98. The minimum absolute atomic E-state index is 0.0150. The van der Waals surface area contributed by atoms with Crippen molar-refractivity contribution < 1.29 is 23.9 Å². The summed E-state index contributed by atoms with van der Waals surface area (Å²) in [6.45, 7) is 3.49. The minimum Gasteiger partial charge on any atom is -0.456 e. The highest BCUT2D eigenvalue weighted by molar-refractivity contribution is 6.07. The highest BCUT2D eigenvalue weighted by Gasteiger charge is 2.51. The molecule has 2 aliphatic rings. The molecule has 1 aliphatic carbocycles. The fourth-order valence-electron chi connectivity index (χ4n) is 3.16. The number of hydrogen-bond donors (Lipinski definition) is 2. The molecule has 4 amide bonds. The number of imide groups is 1. The zero-order valence-corrected chi connectivity index (χ0v) is 14.2. The first-order valence-corrected chi connectivity index (χ1v) is 8.43. The topological polar surface area (TPSA) is 105 Å². The van der Waals surface area contributed by atoms with Crippen molar-refractivity contribution in [2.75, 3.05) is 13.2 Å². The summed E-state index contributed by atoms with van der Waals surface area (Å²) >= 11 is 0. The molecular formula is C16H25N3O5. The van der Waals surface area contributed by atoms with Crippen LogP contribution in [0.15, 0.2) is 0 Å². The van der Waals surface area contributed by atoms with E-state index >= 15 is 0 Å². The lowest BCUT2D eigenvalue weighted by molar-refractivity contribution is -0.149. The Hall–Kier alpha value is -2.12. The van der Waals surface area contributed by atoms with Crippen LogP contribution in [0, 0.1) is 0 Å². The third kappa shape index (κ3) is 4.24. The van der Waals surface area contributed by atoms with E-state index in [1.807, 2.05) is 13.8 Å². The van der Waals surface area contributed by atoms with Crippen LogP contribution in [0.2, 0.25) is 0 Å². The van der Waals surface area contributed by atoms with Crippen molar-refractivity contribution in [3.8, 4) is 0 Å². The van der Waals surface area contributed by atoms with Crippen LogP contribution in [0.1, 0.15) is 52.4 Å². The summed E-state index contributed by atoms with van der Waals surface area (Å²) in [7, 11) is 0. The molecule has 0 unspecified atom stereocenters. The van der Waals surface area contributed by atoms with Crippen LogP contribution in [-0.4, -0.2) is 53.4 Å². The van der Waals surface area contributed by atoms with Gasteiger partial charge >= 0.3 is 12.0 Å². The van der Waals surface area contributed by atoms with Gasteiger partial charge in [-0.1, -0.05) is 12.8 Å². The minimum atomic E-state index is -0.716. The van der Waals surface area contributed by atoms with Gasteiger partial charge in [-0.05, 0) is 33.1 Å². The summed E-state index contributed by atoms with van der Waals surface area (Å²) in [6, 6.07) is -0.398. The maximum Gasteiger partial charge on any atom is 0.325 e. The van der Waals surface area contributed by atoms with Crippen molar-refractivity contribution >= 4 is 23.8 Å².